The van der Waals surface area contributed by atoms with Crippen LogP contribution >= 0.6 is 23.5 Å². The molecule has 0 aliphatic heterocycles. The molecule has 3 amide bonds. The number of benzene rings is 1. The average Bonchev–Trinajstić information content (AvgIpc) is 3.67. The number of aromatic nitrogens is 3. The van der Waals surface area contributed by atoms with E-state index in [2.05, 4.69) is 25.6 Å². The molecule has 2 heterocycles. The van der Waals surface area contributed by atoms with Gasteiger partial charge in [0, 0.05) is 71.9 Å². The highest BCUT2D eigenvalue weighted by Gasteiger charge is 2.34. The van der Waals surface area contributed by atoms with Gasteiger partial charge in [-0.3, -0.25) is 38.5 Å². The Morgan fingerprint density at radius 2 is 1.58 bits per heavy atom. The van der Waals surface area contributed by atoms with E-state index in [0.29, 0.717) is 58.7 Å². The highest BCUT2D eigenvalue weighted by atomic mass is 32.2. The van der Waals surface area contributed by atoms with Crippen LogP contribution in [0.3, 0.4) is 0 Å². The SMILES string of the molecule is CCC(CSC1CCC1SCC(CC(=O)CCOCCC(C)=O)C(N)=O)C(=O)NCCOCCOC(=O)CC[C@H](NC(=O)c1ccc(CCc2c[nH]c3nc(N)[nH]c(=O)c23)cc1)C(=O)O. The van der Waals surface area contributed by atoms with Gasteiger partial charge in [-0.25, -0.2) is 4.79 Å². The number of nitrogen functional groups attached to an aromatic ring is 1. The molecule has 0 saturated heterocycles. The molecule has 4 unspecified atom stereocenters. The van der Waals surface area contributed by atoms with Crippen molar-refractivity contribution in [2.45, 2.75) is 94.6 Å². The fraction of sp³-hybridized carbons (Fsp3) is 0.568. The number of Topliss-reactive ketones (excluding diaryl/α,β-unsaturated/α-hetero) is 2. The smallest absolute Gasteiger partial charge is 0.326 e. The highest BCUT2D eigenvalue weighted by molar-refractivity contribution is 8.04. The zero-order valence-corrected chi connectivity index (χ0v) is 38.5. The van der Waals surface area contributed by atoms with E-state index in [1.54, 1.807) is 54.0 Å². The summed E-state index contributed by atoms with van der Waals surface area (Å²) in [7, 11) is 0. The number of amides is 3. The number of rotatable bonds is 32. The minimum absolute atomic E-state index is 0.0172. The molecule has 1 saturated carbocycles. The van der Waals surface area contributed by atoms with Gasteiger partial charge in [0.05, 0.1) is 37.7 Å². The van der Waals surface area contributed by atoms with Crippen molar-refractivity contribution in [1.82, 2.24) is 25.6 Å². The lowest BCUT2D eigenvalue weighted by Gasteiger charge is -2.37. The summed E-state index contributed by atoms with van der Waals surface area (Å²) in [5.74, 6) is -2.91. The van der Waals surface area contributed by atoms with Gasteiger partial charge in [0.25, 0.3) is 11.5 Å². The first-order chi connectivity index (χ1) is 31.1. The largest absolute Gasteiger partial charge is 0.480 e. The monoisotopic (exact) mass is 943 g/mol. The lowest BCUT2D eigenvalue weighted by Crippen LogP contribution is -2.41. The molecule has 9 N–H and O–H groups in total. The number of ketones is 2. The molecule has 0 spiro atoms. The van der Waals surface area contributed by atoms with E-state index in [1.165, 1.54) is 6.92 Å². The van der Waals surface area contributed by atoms with E-state index < -0.39 is 35.7 Å². The first-order valence-corrected chi connectivity index (χ1v) is 23.9. The van der Waals surface area contributed by atoms with Crippen molar-refractivity contribution in [3.8, 4) is 0 Å². The zero-order valence-electron chi connectivity index (χ0n) is 36.9. The number of aryl methyl sites for hydroxylation is 2. The minimum atomic E-state index is -1.33. The van der Waals surface area contributed by atoms with Crippen LogP contribution in [0.1, 0.15) is 86.7 Å². The molecule has 3 aromatic rings. The van der Waals surface area contributed by atoms with Gasteiger partial charge in [-0.1, -0.05) is 19.1 Å². The molecular formula is C44H61N7O12S2. The molecule has 0 radical (unpaired) electrons. The fourth-order valence-corrected chi connectivity index (χ4v) is 10.2. The molecule has 2 aromatic heterocycles. The second kappa shape index (κ2) is 27.3. The summed E-state index contributed by atoms with van der Waals surface area (Å²) in [6.45, 7) is 4.34. The average molecular weight is 944 g/mol. The van der Waals surface area contributed by atoms with Crippen molar-refractivity contribution in [3.63, 3.8) is 0 Å². The standard InChI is InChI=1S/C44H61N7O12S2/c1-3-28(24-64-34-11-12-35(34)65-25-31(38(45)55)22-32(53)15-18-61-17-14-26(2)52)40(56)47-16-19-62-20-21-63-36(54)13-10-33(43(59)60)49-41(57)29-7-4-27(5-8-29)6-9-30-23-48-39-37(30)42(58)51-44(46)50-39/h4-5,7-8,23,28,31,33-35H,3,6,9-22,24-25H2,1-2H3,(H2,45,55)(H,47,56)(H,49,57)(H,59,60)(H4,46,48,50,51,58)/t28?,31?,33-,34?,35?/m0/s1. The molecule has 4 rings (SSSR count). The van der Waals surface area contributed by atoms with Gasteiger partial charge in [0.2, 0.25) is 17.8 Å². The summed E-state index contributed by atoms with van der Waals surface area (Å²) in [4.78, 5) is 107. The van der Waals surface area contributed by atoms with E-state index in [9.17, 15) is 43.5 Å². The van der Waals surface area contributed by atoms with Gasteiger partial charge in [-0.2, -0.15) is 28.5 Å². The number of nitrogens with zero attached hydrogens (tertiary/aromatic N) is 1. The third kappa shape index (κ3) is 17.9. The zero-order chi connectivity index (χ0) is 47.3. The molecular weight excluding hydrogens is 883 g/mol. The predicted molar refractivity (Wildman–Crippen MR) is 246 cm³/mol. The molecule has 19 nitrogen and oxygen atoms in total. The van der Waals surface area contributed by atoms with Crippen LogP contribution in [0.5, 0.6) is 0 Å². The number of carbonyl (C=O) groups is 7. The maximum absolute atomic E-state index is 12.9. The van der Waals surface area contributed by atoms with Gasteiger partial charge >= 0.3 is 11.9 Å². The van der Waals surface area contributed by atoms with Crippen LogP contribution in [0.4, 0.5) is 5.95 Å². The molecule has 0 bridgehead atoms. The summed E-state index contributed by atoms with van der Waals surface area (Å²) in [5.41, 5.74) is 13.2. The van der Waals surface area contributed by atoms with Crippen LogP contribution in [-0.2, 0) is 55.8 Å². The second-order valence-corrected chi connectivity index (χ2v) is 18.3. The number of aromatic amines is 2. The van der Waals surface area contributed by atoms with Crippen molar-refractivity contribution in [2.75, 3.05) is 56.8 Å². The first-order valence-electron chi connectivity index (χ1n) is 21.8. The summed E-state index contributed by atoms with van der Waals surface area (Å²) < 4.78 is 16.0. The van der Waals surface area contributed by atoms with Crippen LogP contribution in [0, 0.1) is 11.8 Å². The quantitative estimate of drug-likeness (QED) is 0.0350. The summed E-state index contributed by atoms with van der Waals surface area (Å²) in [6.07, 6.45) is 5.51. The summed E-state index contributed by atoms with van der Waals surface area (Å²) >= 11 is 3.38. The van der Waals surface area contributed by atoms with Gasteiger partial charge < -0.3 is 46.4 Å². The number of ether oxygens (including phenoxy) is 3. The minimum Gasteiger partial charge on any atom is -0.480 e. The number of aliphatic carboxylic acids is 1. The lowest BCUT2D eigenvalue weighted by molar-refractivity contribution is -0.146. The Hall–Kier alpha value is -5.25. The Morgan fingerprint density at radius 1 is 0.908 bits per heavy atom. The number of H-pyrrole nitrogens is 2. The van der Waals surface area contributed by atoms with E-state index >= 15 is 0 Å². The third-order valence-electron chi connectivity index (χ3n) is 10.9. The van der Waals surface area contributed by atoms with Gasteiger partial charge in [-0.15, -0.1) is 0 Å². The van der Waals surface area contributed by atoms with Crippen LogP contribution in [0.25, 0.3) is 11.0 Å². The lowest BCUT2D eigenvalue weighted by atomic mass is 9.99. The number of primary amides is 1. The van der Waals surface area contributed by atoms with Crippen molar-refractivity contribution < 1.29 is 52.9 Å². The number of hydrogen-bond donors (Lipinski definition) is 7. The predicted octanol–water partition coefficient (Wildman–Crippen LogP) is 2.73. The molecule has 1 fully saturated rings. The van der Waals surface area contributed by atoms with E-state index in [-0.39, 0.29) is 106 Å². The number of fused-ring (bicyclic) bond motifs is 1. The number of esters is 1. The van der Waals surface area contributed by atoms with Crippen LogP contribution in [-0.4, -0.2) is 129 Å². The molecule has 1 aliphatic rings. The number of hydrogen-bond acceptors (Lipinski definition) is 15. The van der Waals surface area contributed by atoms with Gasteiger partial charge in [0.15, 0.2) is 0 Å². The highest BCUT2D eigenvalue weighted by Crippen LogP contribution is 2.41. The van der Waals surface area contributed by atoms with Crippen molar-refractivity contribution >= 4 is 81.7 Å². The van der Waals surface area contributed by atoms with Crippen molar-refractivity contribution in [1.29, 1.82) is 0 Å². The third-order valence-corrected chi connectivity index (χ3v) is 14.2. The number of carboxylic acids is 1. The second-order valence-electron chi connectivity index (χ2n) is 15.8. The maximum atomic E-state index is 12.9. The molecule has 1 aromatic carbocycles. The number of anilines is 1. The normalized spacial score (nSPS) is 15.9. The maximum Gasteiger partial charge on any atom is 0.326 e. The molecule has 1 aliphatic carbocycles. The van der Waals surface area contributed by atoms with Crippen molar-refractivity contribution in [2.24, 2.45) is 17.6 Å². The van der Waals surface area contributed by atoms with Gasteiger partial charge in [-0.05, 0) is 68.7 Å². The topological polar surface area (TPSA) is 305 Å². The Bertz CT molecular complexity index is 2150. The number of nitrogens with two attached hydrogens (primary N) is 2. The molecule has 65 heavy (non-hydrogen) atoms. The Balaban J connectivity index is 1.05. The number of nitrogens with one attached hydrogen (secondary N) is 4. The Kier molecular flexibility index (Phi) is 22.0. The van der Waals surface area contributed by atoms with E-state index in [4.69, 9.17) is 25.7 Å². The Labute approximate surface area is 385 Å². The number of thioether (sulfide) groups is 2. The number of carbonyl (C=O) groups excluding carboxylic acids is 6. The fourth-order valence-electron chi connectivity index (χ4n) is 6.76. The Morgan fingerprint density at radius 3 is 2.23 bits per heavy atom. The molecule has 21 heteroatoms. The van der Waals surface area contributed by atoms with Crippen LogP contribution < -0.4 is 27.7 Å². The number of carboxylic acid groups (broad SMARTS) is 1. The summed E-state index contributed by atoms with van der Waals surface area (Å²) in [6, 6.07) is 5.30. The first kappa shape index (κ1) is 52.4. The van der Waals surface area contributed by atoms with E-state index in [0.717, 1.165) is 24.0 Å². The molecule has 356 valence electrons. The summed E-state index contributed by atoms with van der Waals surface area (Å²) in [5, 5.41) is 16.1. The van der Waals surface area contributed by atoms with Crippen molar-refractivity contribution in [3.05, 3.63) is 57.5 Å². The molecule has 5 atom stereocenters. The van der Waals surface area contributed by atoms with Crippen LogP contribution in [0.15, 0.2) is 35.3 Å². The van der Waals surface area contributed by atoms with Gasteiger partial charge in [0.1, 0.15) is 29.9 Å². The van der Waals surface area contributed by atoms with E-state index in [1.807, 2.05) is 6.92 Å². The van der Waals surface area contributed by atoms with Crippen LogP contribution in [0.2, 0.25) is 0 Å².